The molecule has 1 N–H and O–H groups in total. The van der Waals surface area contributed by atoms with E-state index in [0.29, 0.717) is 12.5 Å². The molecule has 1 aliphatic carbocycles. The molecule has 0 saturated heterocycles. The molecule has 0 heterocycles. The first kappa shape index (κ1) is 17.1. The Bertz CT molecular complexity index is 705. The second-order valence-electron chi connectivity index (χ2n) is 5.17. The van der Waals surface area contributed by atoms with Crippen molar-refractivity contribution in [2.24, 2.45) is 5.92 Å². The number of rotatable bonds is 8. The maximum absolute atomic E-state index is 11.7. The summed E-state index contributed by atoms with van der Waals surface area (Å²) in [6.07, 6.45) is 2.98. The minimum atomic E-state index is -3.82. The fraction of sp³-hybridized carbons (Fsp3) is 0.429. The zero-order chi connectivity index (χ0) is 17.0. The predicted octanol–water partition coefficient (Wildman–Crippen LogP) is 1.06. The summed E-state index contributed by atoms with van der Waals surface area (Å²) in [6.45, 7) is -0.357. The topological polar surface area (TPSA) is 116 Å². The lowest BCUT2D eigenvalue weighted by molar-refractivity contribution is -0.140. The third kappa shape index (κ3) is 5.78. The predicted molar refractivity (Wildman–Crippen MR) is 78.1 cm³/mol. The van der Waals surface area contributed by atoms with Crippen molar-refractivity contribution < 1.29 is 36.8 Å². The van der Waals surface area contributed by atoms with Crippen LogP contribution in [0.15, 0.2) is 18.2 Å². The van der Waals surface area contributed by atoms with Gasteiger partial charge in [0.25, 0.3) is 0 Å². The van der Waals surface area contributed by atoms with Crippen LogP contribution in [0.5, 0.6) is 11.5 Å². The zero-order valence-corrected chi connectivity index (χ0v) is 13.2. The molecule has 0 spiro atoms. The van der Waals surface area contributed by atoms with E-state index in [9.17, 15) is 18.0 Å². The Labute approximate surface area is 133 Å². The molecule has 1 aliphatic rings. The first-order chi connectivity index (χ1) is 10.7. The molecule has 8 nitrogen and oxygen atoms in total. The minimum Gasteiger partial charge on any atom is -0.489 e. The normalized spacial score (nSPS) is 14.1. The van der Waals surface area contributed by atoms with E-state index in [0.717, 1.165) is 25.2 Å². The van der Waals surface area contributed by atoms with Crippen LogP contribution in [0.4, 0.5) is 0 Å². The molecule has 1 saturated carbocycles. The highest BCUT2D eigenvalue weighted by Crippen LogP contribution is 2.34. The number of hydrogen-bond acceptors (Lipinski definition) is 7. The van der Waals surface area contributed by atoms with Gasteiger partial charge in [-0.2, -0.15) is 8.42 Å². The number of aliphatic carboxylic acids is 1. The lowest BCUT2D eigenvalue weighted by Crippen LogP contribution is -2.14. The number of carboxylic acid groups (broad SMARTS) is 1. The van der Waals surface area contributed by atoms with Gasteiger partial charge in [0.05, 0.1) is 18.4 Å². The van der Waals surface area contributed by atoms with Crippen LogP contribution in [-0.2, 0) is 19.6 Å². The molecule has 2 rings (SSSR count). The summed E-state index contributed by atoms with van der Waals surface area (Å²) < 4.78 is 37.5. The summed E-state index contributed by atoms with van der Waals surface area (Å²) in [4.78, 5) is 22.1. The summed E-state index contributed by atoms with van der Waals surface area (Å²) in [5.74, 6) is -1.70. The van der Waals surface area contributed by atoms with Crippen molar-refractivity contribution in [3.8, 4) is 11.5 Å². The molecule has 1 aromatic carbocycles. The van der Waals surface area contributed by atoms with E-state index in [1.165, 1.54) is 12.1 Å². The number of carbonyl (C=O) groups excluding carboxylic acids is 1. The molecule has 0 bridgehead atoms. The van der Waals surface area contributed by atoms with Gasteiger partial charge in [-0.1, -0.05) is 0 Å². The smallest absolute Gasteiger partial charge is 0.341 e. The van der Waals surface area contributed by atoms with Gasteiger partial charge in [-0.15, -0.1) is 0 Å². The fourth-order valence-electron chi connectivity index (χ4n) is 1.69. The van der Waals surface area contributed by atoms with E-state index in [2.05, 4.69) is 4.74 Å². The number of hydrogen-bond donors (Lipinski definition) is 1. The van der Waals surface area contributed by atoms with E-state index >= 15 is 0 Å². The van der Waals surface area contributed by atoms with E-state index in [-0.39, 0.29) is 17.1 Å². The van der Waals surface area contributed by atoms with Crippen LogP contribution >= 0.6 is 0 Å². The molecule has 1 fully saturated rings. The molecule has 0 radical (unpaired) electrons. The van der Waals surface area contributed by atoms with Crippen LogP contribution in [-0.4, -0.2) is 44.9 Å². The quantitative estimate of drug-likeness (QED) is 0.549. The Morgan fingerprint density at radius 2 is 1.96 bits per heavy atom. The van der Waals surface area contributed by atoms with Crippen LogP contribution in [0, 0.1) is 5.92 Å². The third-order valence-corrected chi connectivity index (χ3v) is 3.40. The Kier molecular flexibility index (Phi) is 5.09. The summed E-state index contributed by atoms with van der Waals surface area (Å²) in [7, 11) is -3.82. The minimum absolute atomic E-state index is 0.0383. The maximum Gasteiger partial charge on any atom is 0.341 e. The molecular weight excluding hydrogens is 328 g/mol. The van der Waals surface area contributed by atoms with Crippen molar-refractivity contribution in [1.82, 2.24) is 0 Å². The molecule has 0 unspecified atom stereocenters. The monoisotopic (exact) mass is 344 g/mol. The lowest BCUT2D eigenvalue weighted by Gasteiger charge is -2.12. The Morgan fingerprint density at radius 3 is 2.52 bits per heavy atom. The first-order valence-corrected chi connectivity index (χ1v) is 8.61. The summed E-state index contributed by atoms with van der Waals surface area (Å²) >= 11 is 0. The number of ether oxygens (including phenoxy) is 2. The molecule has 9 heteroatoms. The molecule has 0 amide bonds. The van der Waals surface area contributed by atoms with Gasteiger partial charge in [0.2, 0.25) is 0 Å². The SMILES string of the molecule is CS(=O)(=O)Oc1cc(C(=O)OCC(=O)O)ccc1OCC1CC1. The van der Waals surface area contributed by atoms with Crippen molar-refractivity contribution in [2.75, 3.05) is 19.5 Å². The summed E-state index contributed by atoms with van der Waals surface area (Å²) in [6, 6.07) is 3.88. The zero-order valence-electron chi connectivity index (χ0n) is 12.4. The van der Waals surface area contributed by atoms with E-state index in [1.807, 2.05) is 0 Å². The van der Waals surface area contributed by atoms with Gasteiger partial charge in [-0.25, -0.2) is 9.59 Å². The highest BCUT2D eigenvalue weighted by atomic mass is 32.2. The van der Waals surface area contributed by atoms with Crippen LogP contribution < -0.4 is 8.92 Å². The number of benzene rings is 1. The van der Waals surface area contributed by atoms with E-state index in [4.69, 9.17) is 14.0 Å². The van der Waals surface area contributed by atoms with Gasteiger partial charge < -0.3 is 18.8 Å². The van der Waals surface area contributed by atoms with Crippen molar-refractivity contribution in [1.29, 1.82) is 0 Å². The van der Waals surface area contributed by atoms with E-state index in [1.54, 1.807) is 0 Å². The number of carbonyl (C=O) groups is 2. The van der Waals surface area contributed by atoms with Gasteiger partial charge in [-0.05, 0) is 30.9 Å². The van der Waals surface area contributed by atoms with Gasteiger partial charge in [0, 0.05) is 6.07 Å². The highest BCUT2D eigenvalue weighted by Gasteiger charge is 2.23. The lowest BCUT2D eigenvalue weighted by atomic mass is 10.2. The standard InChI is InChI=1S/C14H16O8S/c1-23(18,19)22-12-6-10(14(17)21-8-13(15)16)4-5-11(12)20-7-9-2-3-9/h4-6,9H,2-3,7-8H2,1H3,(H,15,16). The average molecular weight is 344 g/mol. The van der Waals surface area contributed by atoms with Crippen LogP contribution in [0.3, 0.4) is 0 Å². The van der Waals surface area contributed by atoms with Gasteiger partial charge in [0.1, 0.15) is 0 Å². The molecule has 23 heavy (non-hydrogen) atoms. The third-order valence-electron chi connectivity index (χ3n) is 2.92. The molecule has 0 aliphatic heterocycles. The largest absolute Gasteiger partial charge is 0.489 e. The van der Waals surface area contributed by atoms with Crippen LogP contribution in [0.25, 0.3) is 0 Å². The highest BCUT2D eigenvalue weighted by molar-refractivity contribution is 7.86. The average Bonchev–Trinajstić information content (AvgIpc) is 3.25. The molecule has 126 valence electrons. The molecule has 1 aromatic rings. The van der Waals surface area contributed by atoms with Crippen LogP contribution in [0.1, 0.15) is 23.2 Å². The summed E-state index contributed by atoms with van der Waals surface area (Å²) in [5, 5.41) is 8.49. The van der Waals surface area contributed by atoms with Gasteiger partial charge >= 0.3 is 22.1 Å². The van der Waals surface area contributed by atoms with Crippen molar-refractivity contribution in [2.45, 2.75) is 12.8 Å². The van der Waals surface area contributed by atoms with Crippen molar-refractivity contribution in [3.63, 3.8) is 0 Å². The Morgan fingerprint density at radius 1 is 1.26 bits per heavy atom. The number of esters is 1. The second-order valence-corrected chi connectivity index (χ2v) is 6.75. The maximum atomic E-state index is 11.7. The fourth-order valence-corrected chi connectivity index (χ4v) is 2.14. The second kappa shape index (κ2) is 6.86. The van der Waals surface area contributed by atoms with Gasteiger partial charge in [-0.3, -0.25) is 0 Å². The first-order valence-electron chi connectivity index (χ1n) is 6.80. The van der Waals surface area contributed by atoms with Crippen molar-refractivity contribution in [3.05, 3.63) is 23.8 Å². The molecule has 0 atom stereocenters. The Balaban J connectivity index is 2.18. The summed E-state index contributed by atoms with van der Waals surface area (Å²) in [5.41, 5.74) is -0.0383. The number of carboxylic acids is 1. The molecule has 0 aromatic heterocycles. The Hall–Kier alpha value is -2.29. The van der Waals surface area contributed by atoms with Crippen LogP contribution in [0.2, 0.25) is 0 Å². The van der Waals surface area contributed by atoms with Gasteiger partial charge in [0.15, 0.2) is 18.1 Å². The van der Waals surface area contributed by atoms with Crippen molar-refractivity contribution >= 4 is 22.1 Å². The molecular formula is C14H16O8S. The van der Waals surface area contributed by atoms with E-state index < -0.39 is 28.7 Å².